The minimum atomic E-state index is 0.362. The van der Waals surface area contributed by atoms with Crippen molar-refractivity contribution in [2.75, 3.05) is 0 Å². The standard InChI is InChI=1S/C16H22BrClO/c1-3-12-5-4-6-15(8-12)19-16-11(2)7-14(17)9-13(16)10-18/h7,9,12,15H,3-6,8,10H2,1-2H3. The van der Waals surface area contributed by atoms with Gasteiger partial charge in [0.15, 0.2) is 0 Å². The molecule has 2 rings (SSSR count). The normalized spacial score (nSPS) is 23.4. The summed E-state index contributed by atoms with van der Waals surface area (Å²) in [6.45, 7) is 4.37. The Bertz CT molecular complexity index is 433. The van der Waals surface area contributed by atoms with E-state index in [0.29, 0.717) is 12.0 Å². The van der Waals surface area contributed by atoms with Gasteiger partial charge in [0.1, 0.15) is 5.75 Å². The summed E-state index contributed by atoms with van der Waals surface area (Å²) < 4.78 is 7.36. The molecule has 1 aliphatic rings. The van der Waals surface area contributed by atoms with Crippen molar-refractivity contribution < 1.29 is 4.74 Å². The van der Waals surface area contributed by atoms with Crippen LogP contribution in [0.3, 0.4) is 0 Å². The Labute approximate surface area is 129 Å². The molecule has 1 saturated carbocycles. The number of hydrogen-bond acceptors (Lipinski definition) is 1. The van der Waals surface area contributed by atoms with Crippen molar-refractivity contribution in [2.24, 2.45) is 5.92 Å². The second kappa shape index (κ2) is 6.99. The van der Waals surface area contributed by atoms with E-state index in [2.05, 4.69) is 41.9 Å². The molecular formula is C16H22BrClO. The average Bonchev–Trinajstić information content (AvgIpc) is 2.41. The van der Waals surface area contributed by atoms with Gasteiger partial charge < -0.3 is 4.74 Å². The van der Waals surface area contributed by atoms with Crippen molar-refractivity contribution in [1.29, 1.82) is 0 Å². The molecule has 0 aliphatic heterocycles. The summed E-state index contributed by atoms with van der Waals surface area (Å²) in [6, 6.07) is 4.17. The van der Waals surface area contributed by atoms with Gasteiger partial charge in [0.25, 0.3) is 0 Å². The first-order valence-electron chi connectivity index (χ1n) is 7.15. The highest BCUT2D eigenvalue weighted by Gasteiger charge is 2.23. The number of aryl methyl sites for hydroxylation is 1. The van der Waals surface area contributed by atoms with Crippen LogP contribution in [0, 0.1) is 12.8 Å². The van der Waals surface area contributed by atoms with E-state index in [9.17, 15) is 0 Å². The fraction of sp³-hybridized carbons (Fsp3) is 0.625. The Kier molecular flexibility index (Phi) is 5.58. The van der Waals surface area contributed by atoms with Gasteiger partial charge in [-0.25, -0.2) is 0 Å². The number of alkyl halides is 1. The molecule has 0 N–H and O–H groups in total. The molecule has 2 atom stereocenters. The summed E-state index contributed by atoms with van der Waals surface area (Å²) in [4.78, 5) is 0. The maximum absolute atomic E-state index is 6.29. The Hall–Kier alpha value is -0.210. The first kappa shape index (κ1) is 15.2. The van der Waals surface area contributed by atoms with Crippen LogP contribution in [0.1, 0.15) is 50.2 Å². The van der Waals surface area contributed by atoms with Crippen molar-refractivity contribution in [1.82, 2.24) is 0 Å². The van der Waals surface area contributed by atoms with Gasteiger partial charge in [-0.3, -0.25) is 0 Å². The van der Waals surface area contributed by atoms with Crippen LogP contribution in [0.2, 0.25) is 0 Å². The Morgan fingerprint density at radius 2 is 2.16 bits per heavy atom. The molecule has 1 aromatic rings. The maximum Gasteiger partial charge on any atom is 0.127 e. The zero-order valence-electron chi connectivity index (χ0n) is 11.7. The SMILES string of the molecule is CCC1CCCC(Oc2c(C)cc(Br)cc2CCl)C1. The molecule has 19 heavy (non-hydrogen) atoms. The molecule has 0 saturated heterocycles. The molecule has 1 aliphatic carbocycles. The predicted molar refractivity (Wildman–Crippen MR) is 85.1 cm³/mol. The summed E-state index contributed by atoms with van der Waals surface area (Å²) in [6.07, 6.45) is 6.64. The molecule has 1 nitrogen and oxygen atoms in total. The summed E-state index contributed by atoms with van der Waals surface area (Å²) in [5, 5.41) is 0. The van der Waals surface area contributed by atoms with Crippen LogP contribution in [-0.4, -0.2) is 6.10 Å². The van der Waals surface area contributed by atoms with Crippen molar-refractivity contribution in [2.45, 2.75) is 57.9 Å². The van der Waals surface area contributed by atoms with E-state index in [-0.39, 0.29) is 0 Å². The minimum absolute atomic E-state index is 0.362. The monoisotopic (exact) mass is 344 g/mol. The summed E-state index contributed by atoms with van der Waals surface area (Å²) in [7, 11) is 0. The van der Waals surface area contributed by atoms with E-state index >= 15 is 0 Å². The van der Waals surface area contributed by atoms with Crippen LogP contribution < -0.4 is 4.74 Å². The molecule has 3 heteroatoms. The molecule has 106 valence electrons. The molecule has 0 aromatic heterocycles. The van der Waals surface area contributed by atoms with Crippen LogP contribution in [0.25, 0.3) is 0 Å². The van der Waals surface area contributed by atoms with E-state index in [1.54, 1.807) is 0 Å². The molecule has 1 aromatic carbocycles. The van der Waals surface area contributed by atoms with E-state index in [1.165, 1.54) is 37.7 Å². The highest BCUT2D eigenvalue weighted by atomic mass is 79.9. The first-order chi connectivity index (χ1) is 9.13. The van der Waals surface area contributed by atoms with Crippen molar-refractivity contribution in [3.63, 3.8) is 0 Å². The molecule has 0 spiro atoms. The van der Waals surface area contributed by atoms with E-state index < -0.39 is 0 Å². The van der Waals surface area contributed by atoms with Gasteiger partial charge in [0, 0.05) is 10.0 Å². The van der Waals surface area contributed by atoms with Crippen molar-refractivity contribution in [3.8, 4) is 5.75 Å². The summed E-state index contributed by atoms with van der Waals surface area (Å²) in [5.41, 5.74) is 2.26. The van der Waals surface area contributed by atoms with Gasteiger partial charge >= 0.3 is 0 Å². The van der Waals surface area contributed by atoms with Gasteiger partial charge in [-0.15, -0.1) is 11.6 Å². The topological polar surface area (TPSA) is 9.23 Å². The largest absolute Gasteiger partial charge is 0.490 e. The molecule has 1 fully saturated rings. The zero-order valence-corrected chi connectivity index (χ0v) is 14.1. The van der Waals surface area contributed by atoms with Gasteiger partial charge in [-0.05, 0) is 49.8 Å². The van der Waals surface area contributed by atoms with E-state index in [0.717, 1.165) is 21.7 Å². The molecule has 0 radical (unpaired) electrons. The number of halogens is 2. The highest BCUT2D eigenvalue weighted by molar-refractivity contribution is 9.10. The second-order valence-corrected chi connectivity index (χ2v) is 6.71. The molecule has 2 unspecified atom stereocenters. The quantitative estimate of drug-likeness (QED) is 0.622. The highest BCUT2D eigenvalue weighted by Crippen LogP contribution is 2.34. The van der Waals surface area contributed by atoms with Crippen LogP contribution in [0.5, 0.6) is 5.75 Å². The lowest BCUT2D eigenvalue weighted by Crippen LogP contribution is -2.25. The number of benzene rings is 1. The molecular weight excluding hydrogens is 324 g/mol. The zero-order chi connectivity index (χ0) is 13.8. The minimum Gasteiger partial charge on any atom is -0.490 e. The van der Waals surface area contributed by atoms with E-state index in [1.807, 2.05) is 0 Å². The molecule has 0 amide bonds. The second-order valence-electron chi connectivity index (χ2n) is 5.53. The fourth-order valence-electron chi connectivity index (χ4n) is 2.95. The first-order valence-corrected chi connectivity index (χ1v) is 8.48. The van der Waals surface area contributed by atoms with Gasteiger partial charge in [0.05, 0.1) is 12.0 Å². The fourth-order valence-corrected chi connectivity index (χ4v) is 3.77. The third-order valence-corrected chi connectivity index (χ3v) is 4.80. The van der Waals surface area contributed by atoms with Gasteiger partial charge in [0.2, 0.25) is 0 Å². The Balaban J connectivity index is 2.14. The predicted octanol–water partition coefficient (Wildman–Crippen LogP) is 5.84. The van der Waals surface area contributed by atoms with E-state index in [4.69, 9.17) is 16.3 Å². The molecule has 0 heterocycles. The van der Waals surface area contributed by atoms with Crippen molar-refractivity contribution >= 4 is 27.5 Å². The van der Waals surface area contributed by atoms with Gasteiger partial charge in [-0.2, -0.15) is 0 Å². The summed E-state index contributed by atoms with van der Waals surface area (Å²) in [5.74, 6) is 2.33. The third kappa shape index (κ3) is 3.88. The average molecular weight is 346 g/mol. The van der Waals surface area contributed by atoms with Crippen molar-refractivity contribution in [3.05, 3.63) is 27.7 Å². The van der Waals surface area contributed by atoms with Crippen LogP contribution >= 0.6 is 27.5 Å². The lowest BCUT2D eigenvalue weighted by Gasteiger charge is -2.30. The Morgan fingerprint density at radius 1 is 1.37 bits per heavy atom. The lowest BCUT2D eigenvalue weighted by molar-refractivity contribution is 0.120. The van der Waals surface area contributed by atoms with Crippen LogP contribution in [0.15, 0.2) is 16.6 Å². The van der Waals surface area contributed by atoms with Crippen LogP contribution in [0.4, 0.5) is 0 Å². The third-order valence-electron chi connectivity index (χ3n) is 4.06. The smallest absolute Gasteiger partial charge is 0.127 e. The summed E-state index contributed by atoms with van der Waals surface area (Å²) >= 11 is 9.57. The lowest BCUT2D eigenvalue weighted by atomic mass is 9.85. The van der Waals surface area contributed by atoms with Crippen LogP contribution in [-0.2, 0) is 5.88 Å². The number of hydrogen-bond donors (Lipinski definition) is 0. The maximum atomic E-state index is 6.29. The number of ether oxygens (including phenoxy) is 1. The molecule has 0 bridgehead atoms. The number of rotatable bonds is 4. The Morgan fingerprint density at radius 3 is 2.84 bits per heavy atom. The van der Waals surface area contributed by atoms with Gasteiger partial charge in [-0.1, -0.05) is 35.7 Å².